The smallest absolute Gasteiger partial charge is 0.149 e. The highest BCUT2D eigenvalue weighted by molar-refractivity contribution is 7.10. The Bertz CT molecular complexity index is 467. The maximum Gasteiger partial charge on any atom is 0.149 e. The van der Waals surface area contributed by atoms with Gasteiger partial charge in [0.05, 0.1) is 11.7 Å². The highest BCUT2D eigenvalue weighted by atomic mass is 32.1. The molecule has 2 rings (SSSR count). The quantitative estimate of drug-likeness (QED) is 0.762. The van der Waals surface area contributed by atoms with Crippen molar-refractivity contribution in [1.29, 1.82) is 0 Å². The predicted molar refractivity (Wildman–Crippen MR) is 69.4 cm³/mol. The van der Waals surface area contributed by atoms with Crippen LogP contribution in [0.2, 0.25) is 0 Å². The summed E-state index contributed by atoms with van der Waals surface area (Å²) >= 11 is 1.71. The number of hydrogen-bond acceptors (Lipinski definition) is 5. The van der Waals surface area contributed by atoms with Gasteiger partial charge in [-0.15, -0.1) is 11.3 Å². The summed E-state index contributed by atoms with van der Waals surface area (Å²) < 4.78 is 0. The molecule has 16 heavy (non-hydrogen) atoms. The van der Waals surface area contributed by atoms with Crippen LogP contribution in [0.5, 0.6) is 0 Å². The minimum absolute atomic E-state index is 0.218. The van der Waals surface area contributed by atoms with Crippen molar-refractivity contribution in [3.63, 3.8) is 0 Å². The van der Waals surface area contributed by atoms with E-state index in [1.165, 1.54) is 4.88 Å². The van der Waals surface area contributed by atoms with Gasteiger partial charge in [0.15, 0.2) is 0 Å². The summed E-state index contributed by atoms with van der Waals surface area (Å²) in [6, 6.07) is 7.92. The second-order valence-corrected chi connectivity index (χ2v) is 4.53. The van der Waals surface area contributed by atoms with E-state index < -0.39 is 0 Å². The number of rotatable bonds is 3. The van der Waals surface area contributed by atoms with E-state index in [1.54, 1.807) is 17.4 Å². The lowest BCUT2D eigenvalue weighted by Crippen LogP contribution is -2.08. The monoisotopic (exact) mass is 234 g/mol. The van der Waals surface area contributed by atoms with Crippen LogP contribution in [0.25, 0.3) is 0 Å². The average molecular weight is 234 g/mol. The average Bonchev–Trinajstić information content (AvgIpc) is 2.77. The van der Waals surface area contributed by atoms with Crippen molar-refractivity contribution in [2.45, 2.75) is 13.0 Å². The molecule has 0 amide bonds. The molecule has 1 unspecified atom stereocenters. The highest BCUT2D eigenvalue weighted by Gasteiger charge is 2.07. The van der Waals surface area contributed by atoms with E-state index in [9.17, 15) is 0 Å². The molecular weight excluding hydrogens is 220 g/mol. The molecule has 2 aromatic rings. The fraction of sp³-hybridized carbons (Fsp3) is 0.182. The molecule has 0 fully saturated rings. The zero-order valence-electron chi connectivity index (χ0n) is 8.97. The standard InChI is InChI=1S/C11H14N4S/c1-7(9-3-2-6-16-9)14-10-5-4-8(12)11(13)15-10/h2-7H,12H2,1H3,(H3,13,14,15). The lowest BCUT2D eigenvalue weighted by Gasteiger charge is -2.13. The van der Waals surface area contributed by atoms with Crippen LogP contribution in [-0.2, 0) is 0 Å². The van der Waals surface area contributed by atoms with Gasteiger partial charge in [-0.25, -0.2) is 4.98 Å². The molecule has 4 nitrogen and oxygen atoms in total. The molecule has 2 aromatic heterocycles. The molecule has 0 aliphatic heterocycles. The third kappa shape index (κ3) is 2.25. The number of nitrogen functional groups attached to an aromatic ring is 2. The van der Waals surface area contributed by atoms with Crippen molar-refractivity contribution >= 4 is 28.7 Å². The summed E-state index contributed by atoms with van der Waals surface area (Å²) in [6.45, 7) is 2.08. The predicted octanol–water partition coefficient (Wildman–Crippen LogP) is 2.48. The molecule has 2 heterocycles. The SMILES string of the molecule is CC(Nc1ccc(N)c(N)n1)c1cccs1. The molecular formula is C11H14N4S. The first-order valence-corrected chi connectivity index (χ1v) is 5.86. The summed E-state index contributed by atoms with van der Waals surface area (Å²) in [5, 5.41) is 5.33. The molecule has 0 bridgehead atoms. The summed E-state index contributed by atoms with van der Waals surface area (Å²) in [4.78, 5) is 5.43. The van der Waals surface area contributed by atoms with Crippen LogP contribution in [-0.4, -0.2) is 4.98 Å². The van der Waals surface area contributed by atoms with Gasteiger partial charge < -0.3 is 16.8 Å². The molecule has 0 aliphatic carbocycles. The van der Waals surface area contributed by atoms with Gasteiger partial charge in [-0.3, -0.25) is 0 Å². The number of aromatic nitrogens is 1. The van der Waals surface area contributed by atoms with E-state index in [4.69, 9.17) is 11.5 Å². The number of anilines is 3. The van der Waals surface area contributed by atoms with Crippen LogP contribution in [0.4, 0.5) is 17.3 Å². The van der Waals surface area contributed by atoms with Gasteiger partial charge in [-0.1, -0.05) is 6.07 Å². The first-order valence-electron chi connectivity index (χ1n) is 4.99. The van der Waals surface area contributed by atoms with Gasteiger partial charge in [0.1, 0.15) is 11.6 Å². The Morgan fingerprint density at radius 1 is 1.31 bits per heavy atom. The van der Waals surface area contributed by atoms with Crippen LogP contribution in [0.15, 0.2) is 29.6 Å². The van der Waals surface area contributed by atoms with Crippen LogP contribution in [0, 0.1) is 0 Å². The number of pyridine rings is 1. The molecule has 1 atom stereocenters. The van der Waals surface area contributed by atoms with E-state index in [1.807, 2.05) is 12.1 Å². The Kier molecular flexibility index (Phi) is 2.96. The maximum absolute atomic E-state index is 5.64. The number of nitrogens with two attached hydrogens (primary N) is 2. The third-order valence-electron chi connectivity index (χ3n) is 2.29. The molecule has 0 aromatic carbocycles. The number of hydrogen-bond donors (Lipinski definition) is 3. The van der Waals surface area contributed by atoms with Gasteiger partial charge in [0, 0.05) is 4.88 Å². The lowest BCUT2D eigenvalue weighted by atomic mass is 10.2. The molecule has 5 N–H and O–H groups in total. The fourth-order valence-electron chi connectivity index (χ4n) is 1.40. The van der Waals surface area contributed by atoms with E-state index in [2.05, 4.69) is 28.7 Å². The minimum Gasteiger partial charge on any atom is -0.396 e. The van der Waals surface area contributed by atoms with E-state index in [-0.39, 0.29) is 6.04 Å². The zero-order valence-corrected chi connectivity index (χ0v) is 9.79. The Hall–Kier alpha value is -1.75. The maximum atomic E-state index is 5.64. The number of nitrogens with one attached hydrogen (secondary N) is 1. The molecule has 0 saturated heterocycles. The zero-order chi connectivity index (χ0) is 11.5. The van der Waals surface area contributed by atoms with Crippen molar-refractivity contribution < 1.29 is 0 Å². The van der Waals surface area contributed by atoms with Crippen molar-refractivity contribution in [1.82, 2.24) is 4.98 Å². The second kappa shape index (κ2) is 4.40. The molecule has 5 heteroatoms. The topological polar surface area (TPSA) is 77.0 Å². The van der Waals surface area contributed by atoms with Crippen LogP contribution < -0.4 is 16.8 Å². The molecule has 0 saturated carbocycles. The summed E-state index contributed by atoms with van der Waals surface area (Å²) in [7, 11) is 0. The fourth-order valence-corrected chi connectivity index (χ4v) is 2.13. The number of nitrogens with zero attached hydrogens (tertiary/aromatic N) is 1. The summed E-state index contributed by atoms with van der Waals surface area (Å²) in [5.74, 6) is 1.11. The Morgan fingerprint density at radius 2 is 2.12 bits per heavy atom. The first-order chi connectivity index (χ1) is 7.66. The summed E-state index contributed by atoms with van der Waals surface area (Å²) in [5.41, 5.74) is 11.8. The lowest BCUT2D eigenvalue weighted by molar-refractivity contribution is 0.897. The van der Waals surface area contributed by atoms with Crippen LogP contribution in [0.1, 0.15) is 17.8 Å². The minimum atomic E-state index is 0.218. The molecule has 0 radical (unpaired) electrons. The molecule has 84 valence electrons. The van der Waals surface area contributed by atoms with Crippen molar-refractivity contribution in [2.75, 3.05) is 16.8 Å². The number of thiophene rings is 1. The van der Waals surface area contributed by atoms with Crippen LogP contribution in [0.3, 0.4) is 0 Å². The van der Waals surface area contributed by atoms with E-state index in [0.29, 0.717) is 11.5 Å². The first kappa shape index (κ1) is 10.8. The third-order valence-corrected chi connectivity index (χ3v) is 3.35. The Morgan fingerprint density at radius 3 is 2.75 bits per heavy atom. The second-order valence-electron chi connectivity index (χ2n) is 3.55. The van der Waals surface area contributed by atoms with Gasteiger partial charge >= 0.3 is 0 Å². The van der Waals surface area contributed by atoms with Gasteiger partial charge in [-0.05, 0) is 30.5 Å². The summed E-state index contributed by atoms with van der Waals surface area (Å²) in [6.07, 6.45) is 0. The van der Waals surface area contributed by atoms with Gasteiger partial charge in [-0.2, -0.15) is 0 Å². The molecule has 0 spiro atoms. The normalized spacial score (nSPS) is 12.3. The Labute approximate surface area is 98.3 Å². The van der Waals surface area contributed by atoms with Crippen molar-refractivity contribution in [3.8, 4) is 0 Å². The highest BCUT2D eigenvalue weighted by Crippen LogP contribution is 2.23. The van der Waals surface area contributed by atoms with Gasteiger partial charge in [0.2, 0.25) is 0 Å². The van der Waals surface area contributed by atoms with Crippen molar-refractivity contribution in [2.24, 2.45) is 0 Å². The van der Waals surface area contributed by atoms with E-state index >= 15 is 0 Å². The largest absolute Gasteiger partial charge is 0.396 e. The van der Waals surface area contributed by atoms with Crippen molar-refractivity contribution in [3.05, 3.63) is 34.5 Å². The van der Waals surface area contributed by atoms with Crippen LogP contribution >= 0.6 is 11.3 Å². The molecule has 0 aliphatic rings. The van der Waals surface area contributed by atoms with Gasteiger partial charge in [0.25, 0.3) is 0 Å². The Balaban J connectivity index is 2.12. The van der Waals surface area contributed by atoms with E-state index in [0.717, 1.165) is 5.82 Å².